The number of carbonyl (C=O) groups is 1. The highest BCUT2D eigenvalue weighted by molar-refractivity contribution is 5.92. The minimum Gasteiger partial charge on any atom is -0.383 e. The zero-order valence-electron chi connectivity index (χ0n) is 13.2. The number of hydrogen-bond acceptors (Lipinski definition) is 5. The van der Waals surface area contributed by atoms with Crippen molar-refractivity contribution in [2.24, 2.45) is 0 Å². The number of carbonyl (C=O) groups excluding carboxylic acids is 1. The third kappa shape index (κ3) is 6.32. The van der Waals surface area contributed by atoms with Crippen LogP contribution in [0.3, 0.4) is 0 Å². The predicted molar refractivity (Wildman–Crippen MR) is 92.8 cm³/mol. The smallest absolute Gasteiger partial charge is 0.238 e. The van der Waals surface area contributed by atoms with Crippen LogP contribution in [0.2, 0.25) is 0 Å². The van der Waals surface area contributed by atoms with Gasteiger partial charge >= 0.3 is 0 Å². The number of ether oxygens (including phenoxy) is 1. The third-order valence-corrected chi connectivity index (χ3v) is 2.99. The van der Waals surface area contributed by atoms with Gasteiger partial charge in [-0.2, -0.15) is 0 Å². The number of nitrogens with zero attached hydrogens (tertiary/aromatic N) is 2. The van der Waals surface area contributed by atoms with Crippen molar-refractivity contribution in [3.63, 3.8) is 0 Å². The monoisotopic (exact) mass is 336 g/mol. The minimum atomic E-state index is -0.0906. The summed E-state index contributed by atoms with van der Waals surface area (Å²) in [5.41, 5.74) is 2.52. The molecular formula is C16H21ClN4O2. The van der Waals surface area contributed by atoms with Crippen molar-refractivity contribution in [1.29, 1.82) is 0 Å². The van der Waals surface area contributed by atoms with E-state index in [9.17, 15) is 4.79 Å². The van der Waals surface area contributed by atoms with Crippen molar-refractivity contribution in [1.82, 2.24) is 15.3 Å². The third-order valence-electron chi connectivity index (χ3n) is 2.99. The van der Waals surface area contributed by atoms with Crippen LogP contribution in [0.15, 0.2) is 36.5 Å². The van der Waals surface area contributed by atoms with Crippen LogP contribution in [0.1, 0.15) is 5.82 Å². The molecule has 1 heterocycles. The fraction of sp³-hybridized carbons (Fsp3) is 0.312. The number of hydrogen-bond donors (Lipinski definition) is 2. The molecule has 0 saturated heterocycles. The summed E-state index contributed by atoms with van der Waals surface area (Å²) in [5.74, 6) is 0.626. The molecule has 1 aromatic heterocycles. The van der Waals surface area contributed by atoms with Crippen LogP contribution in [0.25, 0.3) is 11.3 Å². The molecular weight excluding hydrogens is 316 g/mol. The Kier molecular flexibility index (Phi) is 8.18. The molecule has 0 unspecified atom stereocenters. The molecule has 0 aliphatic carbocycles. The maximum Gasteiger partial charge on any atom is 0.238 e. The van der Waals surface area contributed by atoms with E-state index in [0.717, 1.165) is 16.9 Å². The number of amides is 1. The zero-order valence-corrected chi connectivity index (χ0v) is 14.0. The summed E-state index contributed by atoms with van der Waals surface area (Å²) >= 11 is 0. The first-order chi connectivity index (χ1) is 10.7. The van der Waals surface area contributed by atoms with Crippen LogP contribution in [-0.4, -0.2) is 42.7 Å². The molecule has 0 atom stereocenters. The molecule has 124 valence electrons. The molecule has 2 N–H and O–H groups in total. The van der Waals surface area contributed by atoms with Crippen molar-refractivity contribution in [3.8, 4) is 11.3 Å². The summed E-state index contributed by atoms with van der Waals surface area (Å²) in [6, 6.07) is 9.44. The van der Waals surface area contributed by atoms with Crippen molar-refractivity contribution >= 4 is 24.0 Å². The lowest BCUT2D eigenvalue weighted by Gasteiger charge is -2.08. The Bertz CT molecular complexity index is 637. The fourth-order valence-corrected chi connectivity index (χ4v) is 1.95. The summed E-state index contributed by atoms with van der Waals surface area (Å²) < 4.78 is 4.91. The lowest BCUT2D eigenvalue weighted by atomic mass is 10.1. The van der Waals surface area contributed by atoms with Crippen molar-refractivity contribution in [2.75, 3.05) is 32.1 Å². The quantitative estimate of drug-likeness (QED) is 0.757. The molecule has 1 amide bonds. The summed E-state index contributed by atoms with van der Waals surface area (Å²) in [7, 11) is 1.63. The number of halogens is 1. The van der Waals surface area contributed by atoms with E-state index >= 15 is 0 Å². The van der Waals surface area contributed by atoms with Crippen LogP contribution < -0.4 is 10.6 Å². The van der Waals surface area contributed by atoms with Gasteiger partial charge in [0.15, 0.2) is 0 Å². The van der Waals surface area contributed by atoms with E-state index in [1.54, 1.807) is 13.3 Å². The van der Waals surface area contributed by atoms with Gasteiger partial charge in [-0.3, -0.25) is 4.79 Å². The second-order valence-corrected chi connectivity index (χ2v) is 4.79. The van der Waals surface area contributed by atoms with Crippen LogP contribution in [0, 0.1) is 6.92 Å². The summed E-state index contributed by atoms with van der Waals surface area (Å²) in [6.45, 7) is 3.32. The van der Waals surface area contributed by atoms with Crippen LogP contribution in [0.4, 0.5) is 5.69 Å². The molecule has 2 rings (SSSR count). The molecule has 7 heteroatoms. The maximum atomic E-state index is 11.8. The average Bonchev–Trinajstić information content (AvgIpc) is 2.52. The molecule has 0 fully saturated rings. The highest BCUT2D eigenvalue weighted by atomic mass is 35.5. The van der Waals surface area contributed by atoms with Crippen molar-refractivity contribution in [3.05, 3.63) is 42.4 Å². The van der Waals surface area contributed by atoms with Gasteiger partial charge in [-0.15, -0.1) is 12.4 Å². The Labute approximate surface area is 142 Å². The first-order valence-electron chi connectivity index (χ1n) is 7.08. The number of aryl methyl sites for hydroxylation is 1. The highest BCUT2D eigenvalue weighted by Gasteiger charge is 2.05. The highest BCUT2D eigenvalue weighted by Crippen LogP contribution is 2.20. The van der Waals surface area contributed by atoms with E-state index < -0.39 is 0 Å². The van der Waals surface area contributed by atoms with Gasteiger partial charge in [0, 0.05) is 31.1 Å². The van der Waals surface area contributed by atoms with Gasteiger partial charge in [-0.25, -0.2) is 9.97 Å². The lowest BCUT2D eigenvalue weighted by Crippen LogP contribution is -2.30. The van der Waals surface area contributed by atoms with E-state index in [1.807, 2.05) is 37.3 Å². The number of nitrogens with one attached hydrogen (secondary N) is 2. The SMILES string of the molecule is COCCNCC(=O)Nc1cccc(-c2ccnc(C)n2)c1.Cl. The summed E-state index contributed by atoms with van der Waals surface area (Å²) in [5, 5.41) is 5.86. The van der Waals surface area contributed by atoms with E-state index in [4.69, 9.17) is 4.74 Å². The largest absolute Gasteiger partial charge is 0.383 e. The number of benzene rings is 1. The van der Waals surface area contributed by atoms with E-state index in [-0.39, 0.29) is 24.9 Å². The van der Waals surface area contributed by atoms with Crippen LogP contribution in [-0.2, 0) is 9.53 Å². The van der Waals surface area contributed by atoms with Gasteiger partial charge in [0.25, 0.3) is 0 Å². The molecule has 0 bridgehead atoms. The van der Waals surface area contributed by atoms with Gasteiger partial charge in [0.1, 0.15) is 5.82 Å². The van der Waals surface area contributed by atoms with Crippen molar-refractivity contribution < 1.29 is 9.53 Å². The van der Waals surface area contributed by atoms with Crippen LogP contribution in [0.5, 0.6) is 0 Å². The molecule has 0 saturated carbocycles. The number of aromatic nitrogens is 2. The first kappa shape index (κ1) is 19.0. The molecule has 0 aliphatic rings. The molecule has 0 aliphatic heterocycles. The predicted octanol–water partition coefficient (Wildman–Crippen LogP) is 2.05. The first-order valence-corrected chi connectivity index (χ1v) is 7.08. The summed E-state index contributed by atoms with van der Waals surface area (Å²) in [4.78, 5) is 20.3. The van der Waals surface area contributed by atoms with E-state index in [2.05, 4.69) is 20.6 Å². The number of anilines is 1. The van der Waals surface area contributed by atoms with Gasteiger partial charge < -0.3 is 15.4 Å². The molecule has 23 heavy (non-hydrogen) atoms. The minimum absolute atomic E-state index is 0. The Morgan fingerprint density at radius 1 is 1.30 bits per heavy atom. The Morgan fingerprint density at radius 3 is 2.87 bits per heavy atom. The number of methoxy groups -OCH3 is 1. The van der Waals surface area contributed by atoms with Gasteiger partial charge in [0.05, 0.1) is 18.8 Å². The molecule has 0 radical (unpaired) electrons. The van der Waals surface area contributed by atoms with Gasteiger partial charge in [-0.1, -0.05) is 12.1 Å². The maximum absolute atomic E-state index is 11.8. The van der Waals surface area contributed by atoms with Gasteiger partial charge in [0.2, 0.25) is 5.91 Å². The average molecular weight is 337 g/mol. The number of rotatable bonds is 7. The lowest BCUT2D eigenvalue weighted by molar-refractivity contribution is -0.115. The zero-order chi connectivity index (χ0) is 15.8. The van der Waals surface area contributed by atoms with E-state index in [0.29, 0.717) is 19.0 Å². The molecule has 1 aromatic carbocycles. The fourth-order valence-electron chi connectivity index (χ4n) is 1.95. The van der Waals surface area contributed by atoms with E-state index in [1.165, 1.54) is 0 Å². The Morgan fingerprint density at radius 2 is 2.13 bits per heavy atom. The topological polar surface area (TPSA) is 76.1 Å². The Hall–Kier alpha value is -2.02. The second kappa shape index (κ2) is 9.89. The Balaban J connectivity index is 0.00000264. The van der Waals surface area contributed by atoms with Crippen LogP contribution >= 0.6 is 12.4 Å². The standard InChI is InChI=1S/C16H20N4O2.ClH/c1-12-18-7-6-15(19-12)13-4-3-5-14(10-13)20-16(21)11-17-8-9-22-2;/h3-7,10,17H,8-9,11H2,1-2H3,(H,20,21);1H. The summed E-state index contributed by atoms with van der Waals surface area (Å²) in [6.07, 6.45) is 1.72. The van der Waals surface area contributed by atoms with Gasteiger partial charge in [-0.05, 0) is 25.1 Å². The molecule has 2 aromatic rings. The van der Waals surface area contributed by atoms with Crippen molar-refractivity contribution in [2.45, 2.75) is 6.92 Å². The molecule has 6 nitrogen and oxygen atoms in total. The second-order valence-electron chi connectivity index (χ2n) is 4.79. The molecule has 0 spiro atoms. The normalized spacial score (nSPS) is 10.0.